The molecular formula is C24H23N5OS. The Balaban J connectivity index is 1.78. The standard InChI is InChI=1S/C24H23N5OS/c1-14-9-10-17(13-26-14)22-18-6-4-7-19-24(31-21(27-19)12-15(2)30)23(18)29(28-22)20-8-5-11-25-16(20)3/h5,8-11,13H,4,6-7,12H2,1-3H3. The third-order valence-corrected chi connectivity index (χ3v) is 6.68. The normalized spacial score (nSPS) is 12.9. The maximum absolute atomic E-state index is 11.7. The van der Waals surface area contributed by atoms with Crippen molar-refractivity contribution in [2.75, 3.05) is 0 Å². The van der Waals surface area contributed by atoms with E-state index in [0.717, 1.165) is 68.9 Å². The summed E-state index contributed by atoms with van der Waals surface area (Å²) in [5, 5.41) is 5.96. The molecule has 0 saturated carbocycles. The van der Waals surface area contributed by atoms with Gasteiger partial charge in [0.2, 0.25) is 0 Å². The Morgan fingerprint density at radius 2 is 2.03 bits per heavy atom. The van der Waals surface area contributed by atoms with Crippen LogP contribution in [-0.2, 0) is 24.1 Å². The van der Waals surface area contributed by atoms with Crippen LogP contribution in [0.1, 0.15) is 41.0 Å². The van der Waals surface area contributed by atoms with Crippen LogP contribution in [0.3, 0.4) is 0 Å². The summed E-state index contributed by atoms with van der Waals surface area (Å²) in [4.78, 5) is 26.7. The van der Waals surface area contributed by atoms with E-state index < -0.39 is 0 Å². The third kappa shape index (κ3) is 3.59. The molecule has 1 aliphatic rings. The van der Waals surface area contributed by atoms with Crippen LogP contribution in [0.4, 0.5) is 0 Å². The van der Waals surface area contributed by atoms with Gasteiger partial charge in [0.05, 0.1) is 39.8 Å². The summed E-state index contributed by atoms with van der Waals surface area (Å²) in [7, 11) is 0. The van der Waals surface area contributed by atoms with E-state index in [0.29, 0.717) is 6.42 Å². The number of Topliss-reactive ketones (excluding diaryl/α,β-unsaturated/α-hetero) is 1. The minimum Gasteiger partial charge on any atom is -0.300 e. The Kier molecular flexibility index (Phi) is 4.98. The zero-order valence-electron chi connectivity index (χ0n) is 17.8. The second kappa shape index (κ2) is 7.81. The molecule has 1 aliphatic carbocycles. The van der Waals surface area contributed by atoms with Crippen LogP contribution in [0.25, 0.3) is 27.5 Å². The smallest absolute Gasteiger partial charge is 0.136 e. The highest BCUT2D eigenvalue weighted by Crippen LogP contribution is 2.42. The van der Waals surface area contributed by atoms with Gasteiger partial charge in [0.1, 0.15) is 10.8 Å². The predicted octanol–water partition coefficient (Wildman–Crippen LogP) is 4.69. The second-order valence-electron chi connectivity index (χ2n) is 8.00. The SMILES string of the molecule is CC(=O)Cc1nc2c(s1)-c1c(c(-c3ccc(C)nc3)nn1-c1cccnc1C)CCC2. The Hall–Kier alpha value is -3.19. The van der Waals surface area contributed by atoms with Gasteiger partial charge in [-0.1, -0.05) is 0 Å². The molecule has 0 aliphatic heterocycles. The van der Waals surface area contributed by atoms with E-state index in [9.17, 15) is 4.79 Å². The lowest BCUT2D eigenvalue weighted by Gasteiger charge is -2.09. The van der Waals surface area contributed by atoms with E-state index in [1.165, 1.54) is 5.56 Å². The molecule has 6 nitrogen and oxygen atoms in total. The molecule has 0 fully saturated rings. The number of carbonyl (C=O) groups is 1. The summed E-state index contributed by atoms with van der Waals surface area (Å²) in [5.41, 5.74) is 8.18. The number of thiazole rings is 1. The van der Waals surface area contributed by atoms with E-state index in [2.05, 4.69) is 22.1 Å². The molecule has 0 spiro atoms. The average Bonchev–Trinajstić information content (AvgIpc) is 3.25. The number of rotatable bonds is 4. The molecule has 4 aromatic rings. The van der Waals surface area contributed by atoms with Gasteiger partial charge in [0.15, 0.2) is 0 Å². The Bertz CT molecular complexity index is 1290. The summed E-state index contributed by atoms with van der Waals surface area (Å²) < 4.78 is 2.02. The molecule has 0 atom stereocenters. The van der Waals surface area contributed by atoms with Gasteiger partial charge in [-0.05, 0) is 64.3 Å². The number of hydrogen-bond acceptors (Lipinski definition) is 6. The van der Waals surface area contributed by atoms with E-state index >= 15 is 0 Å². The highest BCUT2D eigenvalue weighted by Gasteiger charge is 2.28. The molecule has 0 aromatic carbocycles. The van der Waals surface area contributed by atoms with Crippen molar-refractivity contribution in [3.8, 4) is 27.5 Å². The second-order valence-corrected chi connectivity index (χ2v) is 9.08. The van der Waals surface area contributed by atoms with Crippen molar-refractivity contribution < 1.29 is 4.79 Å². The van der Waals surface area contributed by atoms with Crippen LogP contribution >= 0.6 is 11.3 Å². The van der Waals surface area contributed by atoms with Gasteiger partial charge in [-0.25, -0.2) is 9.67 Å². The minimum atomic E-state index is 0.132. The molecule has 7 heteroatoms. The van der Waals surface area contributed by atoms with E-state index in [4.69, 9.17) is 10.1 Å². The van der Waals surface area contributed by atoms with Crippen molar-refractivity contribution in [1.82, 2.24) is 24.7 Å². The molecule has 4 aromatic heterocycles. The van der Waals surface area contributed by atoms with E-state index in [1.807, 2.05) is 36.9 Å². The van der Waals surface area contributed by atoms with Gasteiger partial charge < -0.3 is 0 Å². The molecule has 0 unspecified atom stereocenters. The number of ketones is 1. The van der Waals surface area contributed by atoms with Crippen molar-refractivity contribution in [2.24, 2.45) is 0 Å². The number of fused-ring (bicyclic) bond motifs is 3. The van der Waals surface area contributed by atoms with Gasteiger partial charge >= 0.3 is 0 Å². The molecule has 156 valence electrons. The lowest BCUT2D eigenvalue weighted by molar-refractivity contribution is -0.116. The molecule has 5 rings (SSSR count). The molecule has 0 bridgehead atoms. The number of aryl methyl sites for hydroxylation is 3. The number of carbonyl (C=O) groups excluding carboxylic acids is 1. The summed E-state index contributed by atoms with van der Waals surface area (Å²) in [6.07, 6.45) is 6.89. The molecule has 0 radical (unpaired) electrons. The van der Waals surface area contributed by atoms with Gasteiger partial charge in [0, 0.05) is 29.2 Å². The van der Waals surface area contributed by atoms with Crippen LogP contribution < -0.4 is 0 Å². The Morgan fingerprint density at radius 1 is 1.16 bits per heavy atom. The highest BCUT2D eigenvalue weighted by atomic mass is 32.1. The van der Waals surface area contributed by atoms with Crippen molar-refractivity contribution in [3.05, 3.63) is 64.3 Å². The zero-order chi connectivity index (χ0) is 21.5. The average molecular weight is 430 g/mol. The van der Waals surface area contributed by atoms with Crippen molar-refractivity contribution in [1.29, 1.82) is 0 Å². The quantitative estimate of drug-likeness (QED) is 0.470. The molecule has 0 N–H and O–H groups in total. The Labute approximate surface area is 185 Å². The van der Waals surface area contributed by atoms with Crippen molar-refractivity contribution >= 4 is 17.1 Å². The van der Waals surface area contributed by atoms with Gasteiger partial charge in [-0.2, -0.15) is 5.10 Å². The van der Waals surface area contributed by atoms with Crippen LogP contribution in [-0.4, -0.2) is 30.5 Å². The molecule has 0 amide bonds. The summed E-state index contributed by atoms with van der Waals surface area (Å²) in [5.74, 6) is 0.132. The Morgan fingerprint density at radius 3 is 2.77 bits per heavy atom. The van der Waals surface area contributed by atoms with Crippen molar-refractivity contribution in [3.63, 3.8) is 0 Å². The first-order valence-corrected chi connectivity index (χ1v) is 11.3. The first kappa shape index (κ1) is 19.8. The number of nitrogens with zero attached hydrogens (tertiary/aromatic N) is 5. The van der Waals surface area contributed by atoms with Crippen molar-refractivity contribution in [2.45, 2.75) is 46.5 Å². The summed E-state index contributed by atoms with van der Waals surface area (Å²) in [6.45, 7) is 5.60. The minimum absolute atomic E-state index is 0.132. The maximum Gasteiger partial charge on any atom is 0.136 e. The van der Waals surface area contributed by atoms with Crippen LogP contribution in [0.5, 0.6) is 0 Å². The van der Waals surface area contributed by atoms with Crippen LogP contribution in [0.15, 0.2) is 36.7 Å². The molecular weight excluding hydrogens is 406 g/mol. The molecule has 4 heterocycles. The van der Waals surface area contributed by atoms with Gasteiger partial charge in [-0.3, -0.25) is 14.8 Å². The summed E-state index contributed by atoms with van der Waals surface area (Å²) >= 11 is 1.62. The van der Waals surface area contributed by atoms with E-state index in [-0.39, 0.29) is 5.78 Å². The third-order valence-electron chi connectivity index (χ3n) is 5.57. The van der Waals surface area contributed by atoms with Gasteiger partial charge in [-0.15, -0.1) is 11.3 Å². The van der Waals surface area contributed by atoms with Crippen LogP contribution in [0, 0.1) is 13.8 Å². The van der Waals surface area contributed by atoms with Gasteiger partial charge in [0.25, 0.3) is 0 Å². The summed E-state index contributed by atoms with van der Waals surface area (Å²) in [6, 6.07) is 8.10. The fourth-order valence-electron chi connectivity index (χ4n) is 4.11. The first-order chi connectivity index (χ1) is 15.0. The predicted molar refractivity (Wildman–Crippen MR) is 122 cm³/mol. The zero-order valence-corrected chi connectivity index (χ0v) is 18.7. The monoisotopic (exact) mass is 429 g/mol. The molecule has 0 saturated heterocycles. The van der Waals surface area contributed by atoms with E-state index in [1.54, 1.807) is 24.5 Å². The number of aromatic nitrogens is 5. The fraction of sp³-hybridized carbons (Fsp3) is 0.292. The largest absolute Gasteiger partial charge is 0.300 e. The topological polar surface area (TPSA) is 73.6 Å². The lowest BCUT2D eigenvalue weighted by atomic mass is 10.0. The maximum atomic E-state index is 11.7. The highest BCUT2D eigenvalue weighted by molar-refractivity contribution is 7.15. The number of hydrogen-bond donors (Lipinski definition) is 0. The lowest BCUT2D eigenvalue weighted by Crippen LogP contribution is -2.03. The van der Waals surface area contributed by atoms with Crippen LogP contribution in [0.2, 0.25) is 0 Å². The molecule has 31 heavy (non-hydrogen) atoms. The number of pyridine rings is 2. The first-order valence-electron chi connectivity index (χ1n) is 10.5. The fourth-order valence-corrected chi connectivity index (χ4v) is 5.35.